The van der Waals surface area contributed by atoms with Gasteiger partial charge in [-0.15, -0.1) is 0 Å². The minimum atomic E-state index is 0.584. The van der Waals surface area contributed by atoms with E-state index in [0.29, 0.717) is 12.0 Å². The van der Waals surface area contributed by atoms with Crippen LogP contribution in [0.5, 0.6) is 0 Å². The van der Waals surface area contributed by atoms with Crippen molar-refractivity contribution in [3.8, 4) is 0 Å². The first-order valence-corrected chi connectivity index (χ1v) is 8.40. The van der Waals surface area contributed by atoms with Gasteiger partial charge in [-0.25, -0.2) is 0 Å². The number of nitrogens with zero attached hydrogens (tertiary/aromatic N) is 1. The monoisotopic (exact) mass is 268 g/mol. The largest absolute Gasteiger partial charge is 0.379 e. The fraction of sp³-hybridized carbons (Fsp3) is 1.00. The van der Waals surface area contributed by atoms with Crippen LogP contribution in [0, 0.1) is 5.92 Å². The summed E-state index contributed by atoms with van der Waals surface area (Å²) in [7, 11) is 0. The Morgan fingerprint density at radius 3 is 2.84 bits per heavy atom. The number of hydrogen-bond acceptors (Lipinski definition) is 3. The molecule has 0 radical (unpaired) electrons. The molecule has 0 spiro atoms. The third kappa shape index (κ3) is 4.44. The summed E-state index contributed by atoms with van der Waals surface area (Å²) in [6, 6.07) is 1.40. The van der Waals surface area contributed by atoms with E-state index in [-0.39, 0.29) is 0 Å². The third-order valence-corrected chi connectivity index (χ3v) is 4.79. The van der Waals surface area contributed by atoms with Gasteiger partial charge in [-0.1, -0.05) is 26.7 Å². The first kappa shape index (κ1) is 15.3. The van der Waals surface area contributed by atoms with Gasteiger partial charge < -0.3 is 10.1 Å². The van der Waals surface area contributed by atoms with E-state index in [1.807, 2.05) is 0 Å². The molecule has 0 bridgehead atoms. The number of likely N-dealkylation sites (tertiary alicyclic amines) is 1. The van der Waals surface area contributed by atoms with Crippen molar-refractivity contribution in [2.75, 3.05) is 32.8 Å². The predicted molar refractivity (Wildman–Crippen MR) is 80.5 cm³/mol. The van der Waals surface area contributed by atoms with Crippen LogP contribution >= 0.6 is 0 Å². The molecule has 3 unspecified atom stereocenters. The lowest BCUT2D eigenvalue weighted by atomic mass is 10.0. The zero-order chi connectivity index (χ0) is 13.5. The van der Waals surface area contributed by atoms with E-state index >= 15 is 0 Å². The molecule has 112 valence electrons. The minimum absolute atomic E-state index is 0.584. The van der Waals surface area contributed by atoms with Gasteiger partial charge in [0, 0.05) is 24.5 Å². The van der Waals surface area contributed by atoms with Crippen LogP contribution in [-0.4, -0.2) is 49.8 Å². The molecule has 0 aromatic carbocycles. The van der Waals surface area contributed by atoms with Gasteiger partial charge in [0.1, 0.15) is 0 Å². The Balaban J connectivity index is 1.86. The van der Waals surface area contributed by atoms with Gasteiger partial charge in [-0.3, -0.25) is 4.90 Å². The van der Waals surface area contributed by atoms with Crippen molar-refractivity contribution in [1.29, 1.82) is 0 Å². The van der Waals surface area contributed by atoms with Crippen LogP contribution in [0.2, 0.25) is 0 Å². The molecular weight excluding hydrogens is 236 g/mol. The first-order chi connectivity index (χ1) is 9.35. The molecule has 0 aliphatic carbocycles. The van der Waals surface area contributed by atoms with Gasteiger partial charge in [0.15, 0.2) is 0 Å². The molecule has 3 atom stereocenters. The van der Waals surface area contributed by atoms with Gasteiger partial charge >= 0.3 is 0 Å². The molecule has 0 saturated carbocycles. The molecule has 2 aliphatic heterocycles. The average molecular weight is 268 g/mol. The molecule has 2 heterocycles. The standard InChI is InChI=1S/C16H32N2O/c1-3-9-17-16-13-19-12-14(16)11-18-10-7-5-6-8-15(18)4-2/h14-17H,3-13H2,1-2H3. The molecule has 3 nitrogen and oxygen atoms in total. The topological polar surface area (TPSA) is 24.5 Å². The second-order valence-electron chi connectivity index (χ2n) is 6.26. The first-order valence-electron chi connectivity index (χ1n) is 8.40. The predicted octanol–water partition coefficient (Wildman–Crippen LogP) is 2.66. The van der Waals surface area contributed by atoms with E-state index in [2.05, 4.69) is 24.1 Å². The smallest absolute Gasteiger partial charge is 0.0623 e. The van der Waals surface area contributed by atoms with Crippen molar-refractivity contribution in [2.45, 2.75) is 64.5 Å². The van der Waals surface area contributed by atoms with Gasteiger partial charge in [-0.05, 0) is 38.8 Å². The normalized spacial score (nSPS) is 33.5. The summed E-state index contributed by atoms with van der Waals surface area (Å²) in [5, 5.41) is 3.67. The fourth-order valence-electron chi connectivity index (χ4n) is 3.57. The van der Waals surface area contributed by atoms with Crippen molar-refractivity contribution >= 4 is 0 Å². The van der Waals surface area contributed by atoms with E-state index < -0.39 is 0 Å². The molecule has 0 aromatic rings. The zero-order valence-electron chi connectivity index (χ0n) is 12.9. The highest BCUT2D eigenvalue weighted by Crippen LogP contribution is 2.23. The van der Waals surface area contributed by atoms with Gasteiger partial charge in [0.25, 0.3) is 0 Å². The summed E-state index contributed by atoms with van der Waals surface area (Å²) >= 11 is 0. The molecule has 2 saturated heterocycles. The van der Waals surface area contributed by atoms with Crippen LogP contribution in [0.1, 0.15) is 52.4 Å². The lowest BCUT2D eigenvalue weighted by Gasteiger charge is -2.33. The molecule has 19 heavy (non-hydrogen) atoms. The Kier molecular flexibility index (Phi) is 6.62. The summed E-state index contributed by atoms with van der Waals surface area (Å²) in [5.41, 5.74) is 0. The molecule has 0 amide bonds. The summed E-state index contributed by atoms with van der Waals surface area (Å²) < 4.78 is 5.72. The maximum absolute atomic E-state index is 5.72. The number of rotatable bonds is 6. The summed E-state index contributed by atoms with van der Waals surface area (Å²) in [6.45, 7) is 10.1. The lowest BCUT2D eigenvalue weighted by molar-refractivity contribution is 0.140. The van der Waals surface area contributed by atoms with Crippen LogP contribution in [-0.2, 0) is 4.74 Å². The van der Waals surface area contributed by atoms with Crippen molar-refractivity contribution in [3.05, 3.63) is 0 Å². The van der Waals surface area contributed by atoms with Gasteiger partial charge in [0.05, 0.1) is 13.2 Å². The lowest BCUT2D eigenvalue weighted by Crippen LogP contribution is -2.45. The minimum Gasteiger partial charge on any atom is -0.379 e. The Morgan fingerprint density at radius 2 is 2.05 bits per heavy atom. The highest BCUT2D eigenvalue weighted by Gasteiger charge is 2.31. The van der Waals surface area contributed by atoms with E-state index in [1.165, 1.54) is 51.6 Å². The third-order valence-electron chi connectivity index (χ3n) is 4.79. The Morgan fingerprint density at radius 1 is 1.16 bits per heavy atom. The van der Waals surface area contributed by atoms with Crippen LogP contribution < -0.4 is 5.32 Å². The van der Waals surface area contributed by atoms with E-state index in [4.69, 9.17) is 4.74 Å². The van der Waals surface area contributed by atoms with Crippen molar-refractivity contribution in [2.24, 2.45) is 5.92 Å². The highest BCUT2D eigenvalue weighted by molar-refractivity contribution is 4.86. The van der Waals surface area contributed by atoms with E-state index in [1.54, 1.807) is 0 Å². The Hall–Kier alpha value is -0.120. The van der Waals surface area contributed by atoms with Crippen LogP contribution in [0.3, 0.4) is 0 Å². The Labute approximate surface area is 119 Å². The summed E-state index contributed by atoms with van der Waals surface area (Å²) in [5.74, 6) is 0.693. The molecule has 0 aromatic heterocycles. The van der Waals surface area contributed by atoms with Crippen LogP contribution in [0.15, 0.2) is 0 Å². The van der Waals surface area contributed by atoms with Gasteiger partial charge in [-0.2, -0.15) is 0 Å². The van der Waals surface area contributed by atoms with Crippen LogP contribution in [0.25, 0.3) is 0 Å². The number of ether oxygens (including phenoxy) is 1. The fourth-order valence-corrected chi connectivity index (χ4v) is 3.57. The molecule has 2 fully saturated rings. The average Bonchev–Trinajstić information content (AvgIpc) is 2.73. The molecule has 2 rings (SSSR count). The Bertz CT molecular complexity index is 247. The highest BCUT2D eigenvalue weighted by atomic mass is 16.5. The molecule has 1 N–H and O–H groups in total. The number of nitrogens with one attached hydrogen (secondary N) is 1. The quantitative estimate of drug-likeness (QED) is 0.801. The maximum atomic E-state index is 5.72. The maximum Gasteiger partial charge on any atom is 0.0623 e. The summed E-state index contributed by atoms with van der Waals surface area (Å²) in [4.78, 5) is 2.76. The second-order valence-corrected chi connectivity index (χ2v) is 6.26. The van der Waals surface area contributed by atoms with Crippen LogP contribution in [0.4, 0.5) is 0 Å². The van der Waals surface area contributed by atoms with Gasteiger partial charge in [0.2, 0.25) is 0 Å². The zero-order valence-corrected chi connectivity index (χ0v) is 12.9. The summed E-state index contributed by atoms with van der Waals surface area (Å²) in [6.07, 6.45) is 8.15. The van der Waals surface area contributed by atoms with Crippen molar-refractivity contribution < 1.29 is 4.74 Å². The molecule has 2 aliphatic rings. The van der Waals surface area contributed by atoms with Crippen molar-refractivity contribution in [3.63, 3.8) is 0 Å². The number of hydrogen-bond donors (Lipinski definition) is 1. The van der Waals surface area contributed by atoms with Crippen molar-refractivity contribution in [1.82, 2.24) is 10.2 Å². The molecular formula is C16H32N2O. The SMILES string of the molecule is CCCNC1COCC1CN1CCCCCC1CC. The van der Waals surface area contributed by atoms with E-state index in [0.717, 1.165) is 25.8 Å². The molecule has 3 heteroatoms. The second kappa shape index (κ2) is 8.23. The van der Waals surface area contributed by atoms with E-state index in [9.17, 15) is 0 Å².